The van der Waals surface area contributed by atoms with Crippen molar-refractivity contribution in [2.75, 3.05) is 30.4 Å². The van der Waals surface area contributed by atoms with Gasteiger partial charge < -0.3 is 34.3 Å². The van der Waals surface area contributed by atoms with Crippen LogP contribution in [0.4, 0.5) is 23.2 Å². The van der Waals surface area contributed by atoms with E-state index in [4.69, 9.17) is 4.74 Å². The molecule has 2 aliphatic heterocycles. The maximum Gasteiger partial charge on any atom is 0.586 e. The van der Waals surface area contributed by atoms with Crippen LogP contribution in [0.25, 0.3) is 0 Å². The highest BCUT2D eigenvalue weighted by atomic mass is 32.2. The van der Waals surface area contributed by atoms with Gasteiger partial charge in [0.2, 0.25) is 0 Å². The van der Waals surface area contributed by atoms with Crippen molar-refractivity contribution in [3.05, 3.63) is 77.9 Å². The second kappa shape index (κ2) is 13.1. The molecule has 15 heteroatoms. The number of aliphatic hydroxyl groups is 1. The number of nitrogens with zero attached hydrogens (tertiary/aromatic N) is 1. The molecule has 5 rings (SSSR count). The van der Waals surface area contributed by atoms with Gasteiger partial charge in [-0.2, -0.15) is 8.78 Å². The third-order valence-corrected chi connectivity index (χ3v) is 9.19. The Bertz CT molecular complexity index is 1610. The summed E-state index contributed by atoms with van der Waals surface area (Å²) < 4.78 is 96.1. The first-order valence-electron chi connectivity index (χ1n) is 13.9. The summed E-state index contributed by atoms with van der Waals surface area (Å²) in [7, 11) is -3.40. The van der Waals surface area contributed by atoms with Crippen LogP contribution >= 0.6 is 0 Å². The van der Waals surface area contributed by atoms with E-state index in [2.05, 4.69) is 19.5 Å². The van der Waals surface area contributed by atoms with E-state index < -0.39 is 53.4 Å². The lowest BCUT2D eigenvalue weighted by atomic mass is 10.1. The number of benzene rings is 3. The fourth-order valence-electron chi connectivity index (χ4n) is 5.17. The number of alkyl halides is 4. The smallest absolute Gasteiger partial charge is 0.488 e. The summed E-state index contributed by atoms with van der Waals surface area (Å²) in [6.07, 6.45) is -4.03. The third kappa shape index (κ3) is 7.60. The van der Waals surface area contributed by atoms with Crippen molar-refractivity contribution in [1.82, 2.24) is 5.32 Å². The maximum absolute atomic E-state index is 13.4. The van der Waals surface area contributed by atoms with Crippen LogP contribution in [0.3, 0.4) is 0 Å². The number of carbonyl (C=O) groups excluding carboxylic acids is 1. The lowest BCUT2D eigenvalue weighted by molar-refractivity contribution is -0.286. The molecule has 2 N–H and O–H groups in total. The number of hydrogen-bond acceptors (Lipinski definition) is 9. The molecule has 0 saturated carbocycles. The highest BCUT2D eigenvalue weighted by molar-refractivity contribution is 7.91. The average molecular weight is 655 g/mol. The third-order valence-electron chi connectivity index (χ3n) is 7.44. The number of halogens is 4. The van der Waals surface area contributed by atoms with E-state index in [9.17, 15) is 35.9 Å². The van der Waals surface area contributed by atoms with Crippen molar-refractivity contribution in [3.8, 4) is 17.2 Å². The summed E-state index contributed by atoms with van der Waals surface area (Å²) in [5.41, 5.74) is 1.36. The second-order valence-corrected chi connectivity index (χ2v) is 12.7. The largest absolute Gasteiger partial charge is 0.586 e. The number of anilines is 1. The van der Waals surface area contributed by atoms with Gasteiger partial charge in [0.05, 0.1) is 42.5 Å². The van der Waals surface area contributed by atoms with Crippen LogP contribution in [0.5, 0.6) is 17.2 Å². The molecule has 3 aromatic carbocycles. The molecule has 2 heterocycles. The van der Waals surface area contributed by atoms with E-state index in [1.54, 1.807) is 17.0 Å². The molecule has 10 nitrogen and oxygen atoms in total. The number of sulfone groups is 1. The summed E-state index contributed by atoms with van der Waals surface area (Å²) in [6.45, 7) is -1.96. The molecule has 2 aliphatic rings. The first-order chi connectivity index (χ1) is 21.4. The van der Waals surface area contributed by atoms with E-state index in [-0.39, 0.29) is 53.0 Å². The van der Waals surface area contributed by atoms with Gasteiger partial charge in [-0.25, -0.2) is 8.42 Å². The lowest BCUT2D eigenvalue weighted by Crippen LogP contribution is -2.34. The summed E-state index contributed by atoms with van der Waals surface area (Å²) >= 11 is 0. The quantitative estimate of drug-likeness (QED) is 0.271. The van der Waals surface area contributed by atoms with Crippen molar-refractivity contribution in [3.63, 3.8) is 0 Å². The Balaban J connectivity index is 1.26. The van der Waals surface area contributed by atoms with Crippen LogP contribution in [0.2, 0.25) is 0 Å². The predicted molar refractivity (Wildman–Crippen MR) is 153 cm³/mol. The average Bonchev–Trinajstić information content (AvgIpc) is 3.56. The predicted octanol–water partition coefficient (Wildman–Crippen LogP) is 4.53. The lowest BCUT2D eigenvalue weighted by Gasteiger charge is -2.26. The van der Waals surface area contributed by atoms with E-state index in [1.807, 2.05) is 0 Å². The Hall–Kier alpha value is -4.08. The molecule has 45 heavy (non-hydrogen) atoms. The van der Waals surface area contributed by atoms with Gasteiger partial charge in [0.25, 0.3) is 5.91 Å². The van der Waals surface area contributed by atoms with Crippen LogP contribution in [-0.4, -0.2) is 70.0 Å². The molecule has 1 fully saturated rings. The molecule has 3 aromatic rings. The zero-order chi connectivity index (χ0) is 32.4. The number of nitrogens with one attached hydrogen (secondary N) is 1. The number of rotatable bonds is 12. The number of fused-ring (bicyclic) bond motifs is 1. The standard InChI is InChI=1S/C30H30F4N2O8S/c1-2-45(39,40)24-10-5-18(6-11-24)25(16-37)35-28(38)19-3-7-20(8-4-19)36-15-23(13-21(36)17-41-29(31)32)42-22-9-12-26-27(14-22)44-30(33,34)43-26/h3-12,14,21,23,25,29,37H,2,13,15-17H2,1H3,(H,35,38)/t21-,23-,25-/m0/s1. The SMILES string of the molecule is CCS(=O)(=O)c1ccc([C@H](CO)NC(=O)c2ccc(N3C[C@@H](Oc4ccc5c(c4)OC(F)(F)O5)C[C@H]3COC(F)F)cc2)cc1. The highest BCUT2D eigenvalue weighted by Gasteiger charge is 2.44. The molecule has 0 aliphatic carbocycles. The zero-order valence-corrected chi connectivity index (χ0v) is 24.7. The van der Waals surface area contributed by atoms with Gasteiger partial charge in [-0.3, -0.25) is 4.79 Å². The van der Waals surface area contributed by atoms with Crippen LogP contribution in [0.1, 0.15) is 35.3 Å². The molecule has 0 radical (unpaired) electrons. The summed E-state index contributed by atoms with van der Waals surface area (Å²) in [5, 5.41) is 12.6. The summed E-state index contributed by atoms with van der Waals surface area (Å²) in [5.74, 6) is -0.666. The van der Waals surface area contributed by atoms with Gasteiger partial charge in [-0.05, 0) is 54.1 Å². The minimum absolute atomic E-state index is 0.0583. The number of carbonyl (C=O) groups is 1. The fraction of sp³-hybridized carbons (Fsp3) is 0.367. The van der Waals surface area contributed by atoms with Crippen LogP contribution in [0.15, 0.2) is 71.6 Å². The van der Waals surface area contributed by atoms with Gasteiger partial charge in [0, 0.05) is 23.7 Å². The summed E-state index contributed by atoms with van der Waals surface area (Å²) in [4.78, 5) is 14.9. The van der Waals surface area contributed by atoms with Crippen molar-refractivity contribution in [2.24, 2.45) is 0 Å². The first-order valence-corrected chi connectivity index (χ1v) is 15.6. The Morgan fingerprint density at radius 3 is 2.40 bits per heavy atom. The van der Waals surface area contributed by atoms with E-state index in [0.29, 0.717) is 11.3 Å². The Labute approximate surface area is 256 Å². The van der Waals surface area contributed by atoms with Crippen molar-refractivity contribution < 1.29 is 54.8 Å². The molecule has 0 aromatic heterocycles. The summed E-state index contributed by atoms with van der Waals surface area (Å²) in [6, 6.07) is 14.9. The molecule has 1 saturated heterocycles. The van der Waals surface area contributed by atoms with Crippen LogP contribution < -0.4 is 24.4 Å². The zero-order valence-electron chi connectivity index (χ0n) is 23.9. The Morgan fingerprint density at radius 1 is 1.07 bits per heavy atom. The molecule has 0 bridgehead atoms. The molecule has 242 valence electrons. The first kappa shape index (κ1) is 32.3. The Kier molecular flexibility index (Phi) is 9.41. The van der Waals surface area contributed by atoms with Gasteiger partial charge in [0.1, 0.15) is 11.9 Å². The molecular weight excluding hydrogens is 624 g/mol. The highest BCUT2D eigenvalue weighted by Crippen LogP contribution is 2.43. The monoisotopic (exact) mass is 654 g/mol. The van der Waals surface area contributed by atoms with Crippen molar-refractivity contribution in [2.45, 2.75) is 49.3 Å². The normalized spacial score (nSPS) is 19.5. The number of hydrogen-bond donors (Lipinski definition) is 2. The second-order valence-electron chi connectivity index (χ2n) is 10.4. The maximum atomic E-state index is 13.4. The number of aliphatic hydroxyl groups excluding tert-OH is 1. The minimum Gasteiger partial charge on any atom is -0.488 e. The van der Waals surface area contributed by atoms with Gasteiger partial charge in [-0.15, -0.1) is 8.78 Å². The van der Waals surface area contributed by atoms with Crippen molar-refractivity contribution in [1.29, 1.82) is 0 Å². The molecule has 3 atom stereocenters. The topological polar surface area (TPSA) is 124 Å². The minimum atomic E-state index is -3.78. The molecular formula is C30H30F4N2O8S. The van der Waals surface area contributed by atoms with Crippen LogP contribution in [0, 0.1) is 0 Å². The van der Waals surface area contributed by atoms with Gasteiger partial charge in [0.15, 0.2) is 21.3 Å². The van der Waals surface area contributed by atoms with E-state index in [1.165, 1.54) is 61.5 Å². The van der Waals surface area contributed by atoms with E-state index >= 15 is 0 Å². The number of amides is 1. The molecule has 1 amide bonds. The van der Waals surface area contributed by atoms with Gasteiger partial charge in [-0.1, -0.05) is 19.1 Å². The van der Waals surface area contributed by atoms with Crippen LogP contribution in [-0.2, 0) is 14.6 Å². The molecule has 0 unspecified atom stereocenters. The fourth-order valence-corrected chi connectivity index (χ4v) is 6.05. The molecule has 0 spiro atoms. The Morgan fingerprint density at radius 2 is 1.76 bits per heavy atom. The van der Waals surface area contributed by atoms with Crippen molar-refractivity contribution >= 4 is 21.4 Å². The number of ether oxygens (including phenoxy) is 4. The van der Waals surface area contributed by atoms with Gasteiger partial charge >= 0.3 is 12.9 Å². The van der Waals surface area contributed by atoms with E-state index in [0.717, 1.165) is 0 Å².